The van der Waals surface area contributed by atoms with Crippen molar-refractivity contribution in [3.63, 3.8) is 0 Å². The van der Waals surface area contributed by atoms with Crippen LogP contribution in [-0.2, 0) is 14.3 Å². The van der Waals surface area contributed by atoms with Gasteiger partial charge in [0.15, 0.2) is 0 Å². The fourth-order valence-electron chi connectivity index (χ4n) is 2.08. The van der Waals surface area contributed by atoms with Gasteiger partial charge in [0.05, 0.1) is 18.8 Å². The van der Waals surface area contributed by atoms with Crippen LogP contribution >= 0.6 is 11.3 Å². The van der Waals surface area contributed by atoms with Crippen molar-refractivity contribution in [2.24, 2.45) is 5.92 Å². The van der Waals surface area contributed by atoms with Gasteiger partial charge in [-0.25, -0.2) is 9.59 Å². The molecule has 1 heterocycles. The molecule has 140 valence electrons. The monoisotopic (exact) mass is 369 g/mol. The standard InChI is InChI=1S/C18H27NO5S/c1-6-8-9-13(20)19-16-14(17(21)23-7-2)12(5)15(25-16)18(22)24-10-11(3)4/h11H,6-10H2,1-5H3,(H,19,20). The van der Waals surface area contributed by atoms with Crippen LogP contribution in [-0.4, -0.2) is 31.1 Å². The van der Waals surface area contributed by atoms with Gasteiger partial charge in [0, 0.05) is 6.42 Å². The molecule has 0 aliphatic rings. The Kier molecular flexibility index (Phi) is 8.61. The average molecular weight is 369 g/mol. The zero-order valence-electron chi connectivity index (χ0n) is 15.6. The van der Waals surface area contributed by atoms with Gasteiger partial charge in [0.2, 0.25) is 5.91 Å². The molecule has 1 amide bonds. The molecular weight excluding hydrogens is 342 g/mol. The van der Waals surface area contributed by atoms with Crippen LogP contribution in [0.1, 0.15) is 72.6 Å². The Balaban J connectivity index is 3.11. The van der Waals surface area contributed by atoms with Gasteiger partial charge in [-0.1, -0.05) is 27.2 Å². The molecule has 0 aliphatic carbocycles. The number of ether oxygens (including phenoxy) is 2. The van der Waals surface area contributed by atoms with Crippen LogP contribution in [0.25, 0.3) is 0 Å². The van der Waals surface area contributed by atoms with Crippen molar-refractivity contribution < 1.29 is 23.9 Å². The fourth-order valence-corrected chi connectivity index (χ4v) is 3.18. The summed E-state index contributed by atoms with van der Waals surface area (Å²) in [6.07, 6.45) is 2.02. The predicted molar refractivity (Wildman–Crippen MR) is 98.3 cm³/mol. The second-order valence-electron chi connectivity index (χ2n) is 6.12. The van der Waals surface area contributed by atoms with E-state index in [2.05, 4.69) is 5.32 Å². The minimum Gasteiger partial charge on any atom is -0.462 e. The van der Waals surface area contributed by atoms with E-state index >= 15 is 0 Å². The molecule has 6 nitrogen and oxygen atoms in total. The van der Waals surface area contributed by atoms with Gasteiger partial charge < -0.3 is 14.8 Å². The predicted octanol–water partition coefficient (Wildman–Crippen LogP) is 4.17. The summed E-state index contributed by atoms with van der Waals surface area (Å²) >= 11 is 1.05. The Morgan fingerprint density at radius 1 is 1.12 bits per heavy atom. The number of nitrogens with one attached hydrogen (secondary N) is 1. The SMILES string of the molecule is CCCCC(=O)Nc1sc(C(=O)OCC(C)C)c(C)c1C(=O)OCC. The molecule has 0 unspecified atom stereocenters. The highest BCUT2D eigenvalue weighted by Gasteiger charge is 2.27. The molecule has 0 saturated heterocycles. The normalized spacial score (nSPS) is 10.6. The van der Waals surface area contributed by atoms with E-state index < -0.39 is 11.9 Å². The number of esters is 2. The van der Waals surface area contributed by atoms with Gasteiger partial charge in [-0.05, 0) is 31.7 Å². The lowest BCUT2D eigenvalue weighted by Gasteiger charge is -2.07. The first-order valence-corrected chi connectivity index (χ1v) is 9.40. The zero-order chi connectivity index (χ0) is 19.0. The Morgan fingerprint density at radius 3 is 2.36 bits per heavy atom. The number of hydrogen-bond acceptors (Lipinski definition) is 6. The summed E-state index contributed by atoms with van der Waals surface area (Å²) in [6.45, 7) is 9.76. The van der Waals surface area contributed by atoms with Gasteiger partial charge in [-0.2, -0.15) is 0 Å². The van der Waals surface area contributed by atoms with Crippen molar-refractivity contribution in [2.45, 2.75) is 53.9 Å². The topological polar surface area (TPSA) is 81.7 Å². The molecule has 25 heavy (non-hydrogen) atoms. The van der Waals surface area contributed by atoms with E-state index in [1.54, 1.807) is 13.8 Å². The van der Waals surface area contributed by atoms with Crippen LogP contribution in [0, 0.1) is 12.8 Å². The molecular formula is C18H27NO5S. The van der Waals surface area contributed by atoms with Gasteiger partial charge in [-0.3, -0.25) is 4.79 Å². The molecule has 0 aliphatic heterocycles. The third kappa shape index (κ3) is 6.16. The number of unbranched alkanes of at least 4 members (excludes halogenated alkanes) is 1. The smallest absolute Gasteiger partial charge is 0.348 e. The molecule has 0 radical (unpaired) electrons. The minimum atomic E-state index is -0.551. The van der Waals surface area contributed by atoms with E-state index in [-0.39, 0.29) is 24.0 Å². The molecule has 1 aromatic heterocycles. The lowest BCUT2D eigenvalue weighted by molar-refractivity contribution is -0.116. The van der Waals surface area contributed by atoms with Gasteiger partial charge >= 0.3 is 11.9 Å². The van der Waals surface area contributed by atoms with E-state index in [9.17, 15) is 14.4 Å². The molecule has 7 heteroatoms. The maximum absolute atomic E-state index is 12.3. The molecule has 0 atom stereocenters. The summed E-state index contributed by atoms with van der Waals surface area (Å²) in [6, 6.07) is 0. The first-order chi connectivity index (χ1) is 11.8. The second kappa shape index (κ2) is 10.2. The third-order valence-electron chi connectivity index (χ3n) is 3.37. The Hall–Kier alpha value is -1.89. The summed E-state index contributed by atoms with van der Waals surface area (Å²) in [4.78, 5) is 36.9. The fraction of sp³-hybridized carbons (Fsp3) is 0.611. The molecule has 1 rings (SSSR count). The second-order valence-corrected chi connectivity index (χ2v) is 7.15. The Labute approximate surface area is 152 Å². The zero-order valence-corrected chi connectivity index (χ0v) is 16.4. The lowest BCUT2D eigenvalue weighted by Crippen LogP contribution is -2.14. The van der Waals surface area contributed by atoms with Gasteiger partial charge in [0.1, 0.15) is 9.88 Å². The van der Waals surface area contributed by atoms with Crippen molar-refractivity contribution >= 4 is 34.2 Å². The number of carbonyl (C=O) groups excluding carboxylic acids is 3. The van der Waals surface area contributed by atoms with E-state index in [0.717, 1.165) is 24.2 Å². The van der Waals surface area contributed by atoms with Gasteiger partial charge in [0.25, 0.3) is 0 Å². The maximum atomic E-state index is 12.3. The molecule has 1 aromatic rings. The molecule has 0 fully saturated rings. The summed E-state index contributed by atoms with van der Waals surface area (Å²) < 4.78 is 10.3. The van der Waals surface area contributed by atoms with Crippen molar-refractivity contribution in [3.05, 3.63) is 16.0 Å². The summed E-state index contributed by atoms with van der Waals surface area (Å²) in [5, 5.41) is 3.08. The lowest BCUT2D eigenvalue weighted by atomic mass is 10.1. The number of hydrogen-bond donors (Lipinski definition) is 1. The minimum absolute atomic E-state index is 0.184. The number of carbonyl (C=O) groups is 3. The number of anilines is 1. The molecule has 0 saturated carbocycles. The molecule has 0 bridgehead atoms. The van der Waals surface area contributed by atoms with E-state index in [4.69, 9.17) is 9.47 Å². The van der Waals surface area contributed by atoms with E-state index in [0.29, 0.717) is 28.5 Å². The largest absolute Gasteiger partial charge is 0.462 e. The first-order valence-electron chi connectivity index (χ1n) is 8.59. The van der Waals surface area contributed by atoms with E-state index in [1.165, 1.54) is 0 Å². The van der Waals surface area contributed by atoms with Crippen LogP contribution in [0.2, 0.25) is 0 Å². The van der Waals surface area contributed by atoms with Crippen molar-refractivity contribution in [2.75, 3.05) is 18.5 Å². The third-order valence-corrected chi connectivity index (χ3v) is 4.56. The molecule has 0 spiro atoms. The van der Waals surface area contributed by atoms with Crippen molar-refractivity contribution in [3.8, 4) is 0 Å². The average Bonchev–Trinajstić information content (AvgIpc) is 2.87. The highest BCUT2D eigenvalue weighted by atomic mass is 32.1. The molecule has 1 N–H and O–H groups in total. The highest BCUT2D eigenvalue weighted by Crippen LogP contribution is 2.34. The summed E-state index contributed by atoms with van der Waals surface area (Å²) in [5.74, 6) is -1.02. The van der Waals surface area contributed by atoms with Crippen LogP contribution in [0.4, 0.5) is 5.00 Å². The van der Waals surface area contributed by atoms with Gasteiger partial charge in [-0.15, -0.1) is 11.3 Å². The molecule has 0 aromatic carbocycles. The van der Waals surface area contributed by atoms with Crippen LogP contribution < -0.4 is 5.32 Å². The Morgan fingerprint density at radius 2 is 1.80 bits per heavy atom. The van der Waals surface area contributed by atoms with E-state index in [1.807, 2.05) is 20.8 Å². The highest BCUT2D eigenvalue weighted by molar-refractivity contribution is 7.18. The van der Waals surface area contributed by atoms with Crippen LogP contribution in [0.15, 0.2) is 0 Å². The Bertz CT molecular complexity index is 621. The maximum Gasteiger partial charge on any atom is 0.348 e. The number of rotatable bonds is 9. The quantitative estimate of drug-likeness (QED) is 0.661. The van der Waals surface area contributed by atoms with Crippen LogP contribution in [0.3, 0.4) is 0 Å². The number of thiophene rings is 1. The van der Waals surface area contributed by atoms with Crippen LogP contribution in [0.5, 0.6) is 0 Å². The van der Waals surface area contributed by atoms with Crippen molar-refractivity contribution in [1.29, 1.82) is 0 Å². The number of amides is 1. The summed E-state index contributed by atoms with van der Waals surface area (Å²) in [5.41, 5.74) is 0.705. The first kappa shape index (κ1) is 21.2. The summed E-state index contributed by atoms with van der Waals surface area (Å²) in [7, 11) is 0. The van der Waals surface area contributed by atoms with Crippen molar-refractivity contribution in [1.82, 2.24) is 0 Å².